The van der Waals surface area contributed by atoms with Crippen LogP contribution in [0.4, 0.5) is 0 Å². The van der Waals surface area contributed by atoms with Crippen molar-refractivity contribution in [3.8, 4) is 28.3 Å². The summed E-state index contributed by atoms with van der Waals surface area (Å²) in [6.07, 6.45) is 0. The van der Waals surface area contributed by atoms with E-state index in [0.29, 0.717) is 5.95 Å². The molecule has 1 aliphatic carbocycles. The van der Waals surface area contributed by atoms with Crippen molar-refractivity contribution in [3.63, 3.8) is 0 Å². The van der Waals surface area contributed by atoms with Gasteiger partial charge in [-0.05, 0) is 57.3 Å². The molecule has 0 saturated heterocycles. The van der Waals surface area contributed by atoms with E-state index < -0.39 is 0 Å². The van der Waals surface area contributed by atoms with Crippen LogP contribution in [0.25, 0.3) is 71.8 Å². The first kappa shape index (κ1) is 23.4. The molecule has 8 aromatic rings. The molecular formula is C39H27N3. The summed E-state index contributed by atoms with van der Waals surface area (Å²) in [5.74, 6) is 0.688. The summed E-state index contributed by atoms with van der Waals surface area (Å²) in [6, 6.07) is 45.7. The Morgan fingerprint density at radius 1 is 0.524 bits per heavy atom. The maximum Gasteiger partial charge on any atom is 0.235 e. The predicted molar refractivity (Wildman–Crippen MR) is 174 cm³/mol. The number of aromatic nitrogens is 3. The van der Waals surface area contributed by atoms with Gasteiger partial charge in [0.25, 0.3) is 0 Å². The molecule has 0 fully saturated rings. The van der Waals surface area contributed by atoms with E-state index in [1.807, 2.05) is 0 Å². The summed E-state index contributed by atoms with van der Waals surface area (Å²) >= 11 is 0. The van der Waals surface area contributed by atoms with Crippen molar-refractivity contribution < 1.29 is 0 Å². The third-order valence-corrected chi connectivity index (χ3v) is 9.19. The SMILES string of the molecule is CC1(C)c2ccccc2-c2c(-c3nc(-n4c5ccccc5c5cc6ccccc6cc54)nc4ccccc34)cccc21. The molecule has 198 valence electrons. The molecule has 6 aromatic carbocycles. The van der Waals surface area contributed by atoms with Crippen molar-refractivity contribution in [1.82, 2.24) is 14.5 Å². The molecule has 3 nitrogen and oxygen atoms in total. The minimum atomic E-state index is -0.0819. The van der Waals surface area contributed by atoms with E-state index in [-0.39, 0.29) is 5.41 Å². The second-order valence-electron chi connectivity index (χ2n) is 11.9. The molecule has 2 aromatic heterocycles. The smallest absolute Gasteiger partial charge is 0.235 e. The van der Waals surface area contributed by atoms with Gasteiger partial charge in [0.2, 0.25) is 5.95 Å². The van der Waals surface area contributed by atoms with Crippen LogP contribution in [0.15, 0.2) is 127 Å². The summed E-state index contributed by atoms with van der Waals surface area (Å²) in [7, 11) is 0. The molecule has 0 bridgehead atoms. The number of hydrogen-bond donors (Lipinski definition) is 0. The molecule has 9 rings (SSSR count). The van der Waals surface area contributed by atoms with Crippen LogP contribution in [0.3, 0.4) is 0 Å². The number of hydrogen-bond acceptors (Lipinski definition) is 2. The summed E-state index contributed by atoms with van der Waals surface area (Å²) in [4.78, 5) is 10.6. The van der Waals surface area contributed by atoms with Crippen LogP contribution in [0.1, 0.15) is 25.0 Å². The second kappa shape index (κ2) is 8.37. The largest absolute Gasteiger partial charge is 0.278 e. The van der Waals surface area contributed by atoms with Crippen molar-refractivity contribution >= 4 is 43.5 Å². The van der Waals surface area contributed by atoms with Gasteiger partial charge in [-0.15, -0.1) is 0 Å². The summed E-state index contributed by atoms with van der Waals surface area (Å²) in [6.45, 7) is 4.65. The maximum atomic E-state index is 5.44. The van der Waals surface area contributed by atoms with Crippen molar-refractivity contribution in [2.75, 3.05) is 0 Å². The lowest BCUT2D eigenvalue weighted by atomic mass is 9.82. The molecule has 0 saturated carbocycles. The molecule has 3 heteroatoms. The number of para-hydroxylation sites is 2. The van der Waals surface area contributed by atoms with E-state index in [4.69, 9.17) is 9.97 Å². The van der Waals surface area contributed by atoms with E-state index in [9.17, 15) is 0 Å². The normalized spacial score (nSPS) is 13.7. The van der Waals surface area contributed by atoms with Gasteiger partial charge in [0.15, 0.2) is 0 Å². The van der Waals surface area contributed by atoms with Crippen molar-refractivity contribution in [1.29, 1.82) is 0 Å². The predicted octanol–water partition coefficient (Wildman–Crippen LogP) is 9.85. The van der Waals surface area contributed by atoms with Gasteiger partial charge in [-0.2, -0.15) is 0 Å². The van der Waals surface area contributed by atoms with E-state index in [2.05, 4.69) is 146 Å². The fourth-order valence-electron chi connectivity index (χ4n) is 7.19. The summed E-state index contributed by atoms with van der Waals surface area (Å²) < 4.78 is 2.24. The lowest BCUT2D eigenvalue weighted by molar-refractivity contribution is 0.660. The number of rotatable bonds is 2. The zero-order chi connectivity index (χ0) is 28.0. The van der Waals surface area contributed by atoms with Crippen LogP contribution in [0, 0.1) is 0 Å². The lowest BCUT2D eigenvalue weighted by Crippen LogP contribution is -2.14. The Kier molecular flexibility index (Phi) is 4.67. The van der Waals surface area contributed by atoms with Crippen LogP contribution >= 0.6 is 0 Å². The maximum absolute atomic E-state index is 5.44. The van der Waals surface area contributed by atoms with E-state index in [0.717, 1.165) is 33.2 Å². The molecule has 0 spiro atoms. The molecular weight excluding hydrogens is 510 g/mol. The highest BCUT2D eigenvalue weighted by atomic mass is 15.2. The molecule has 0 radical (unpaired) electrons. The minimum Gasteiger partial charge on any atom is -0.278 e. The van der Waals surface area contributed by atoms with Crippen LogP contribution in [0.2, 0.25) is 0 Å². The quantitative estimate of drug-likeness (QED) is 0.220. The number of nitrogens with zero attached hydrogens (tertiary/aromatic N) is 3. The van der Waals surface area contributed by atoms with Crippen LogP contribution in [0.5, 0.6) is 0 Å². The minimum absolute atomic E-state index is 0.0819. The topological polar surface area (TPSA) is 30.7 Å². The molecule has 2 heterocycles. The van der Waals surface area contributed by atoms with Gasteiger partial charge in [-0.25, -0.2) is 9.97 Å². The Morgan fingerprint density at radius 2 is 1.19 bits per heavy atom. The van der Waals surface area contributed by atoms with Gasteiger partial charge in [0.05, 0.1) is 22.2 Å². The van der Waals surface area contributed by atoms with Gasteiger partial charge in [-0.1, -0.05) is 117 Å². The zero-order valence-corrected chi connectivity index (χ0v) is 23.5. The molecule has 1 aliphatic rings. The van der Waals surface area contributed by atoms with Gasteiger partial charge >= 0.3 is 0 Å². The Morgan fingerprint density at radius 3 is 2.07 bits per heavy atom. The van der Waals surface area contributed by atoms with E-state index in [1.165, 1.54) is 43.8 Å². The van der Waals surface area contributed by atoms with E-state index >= 15 is 0 Å². The fraction of sp³-hybridized carbons (Fsp3) is 0.0769. The Labute approximate surface area is 243 Å². The van der Waals surface area contributed by atoms with Gasteiger partial charge in [0, 0.05) is 27.1 Å². The van der Waals surface area contributed by atoms with E-state index in [1.54, 1.807) is 0 Å². The van der Waals surface area contributed by atoms with Crippen LogP contribution in [-0.2, 0) is 5.41 Å². The number of fused-ring (bicyclic) bond motifs is 8. The lowest BCUT2D eigenvalue weighted by Gasteiger charge is -2.21. The third kappa shape index (κ3) is 3.11. The average Bonchev–Trinajstić information content (AvgIpc) is 3.48. The molecule has 0 unspecified atom stereocenters. The highest BCUT2D eigenvalue weighted by Gasteiger charge is 2.37. The second-order valence-corrected chi connectivity index (χ2v) is 11.9. The summed E-state index contributed by atoms with van der Waals surface area (Å²) in [5.41, 5.74) is 10.5. The molecule has 0 amide bonds. The van der Waals surface area contributed by atoms with Crippen LogP contribution < -0.4 is 0 Å². The van der Waals surface area contributed by atoms with Gasteiger partial charge in [0.1, 0.15) is 0 Å². The average molecular weight is 538 g/mol. The Balaban J connectivity index is 1.40. The van der Waals surface area contributed by atoms with Gasteiger partial charge in [-0.3, -0.25) is 4.57 Å². The molecule has 0 aliphatic heterocycles. The highest BCUT2D eigenvalue weighted by molar-refractivity contribution is 6.13. The number of benzene rings is 6. The molecule has 42 heavy (non-hydrogen) atoms. The zero-order valence-electron chi connectivity index (χ0n) is 23.5. The summed E-state index contributed by atoms with van der Waals surface area (Å²) in [5, 5.41) is 5.90. The monoisotopic (exact) mass is 537 g/mol. The Hall–Kier alpha value is -5.28. The van der Waals surface area contributed by atoms with Crippen molar-refractivity contribution in [3.05, 3.63) is 139 Å². The van der Waals surface area contributed by atoms with Crippen molar-refractivity contribution in [2.45, 2.75) is 19.3 Å². The standard InChI is InChI=1S/C39H27N3/c1-39(2)31-18-8-5-15-27(31)36-29(17-11-19-32(36)39)37-28-16-6-9-20-33(28)40-38(41-37)42-34-21-10-7-14-26(34)30-22-24-12-3-4-13-25(24)23-35(30)42/h3-23H,1-2H3. The van der Waals surface area contributed by atoms with Crippen molar-refractivity contribution in [2.24, 2.45) is 0 Å². The molecule has 0 N–H and O–H groups in total. The first-order chi connectivity index (χ1) is 20.6. The first-order valence-electron chi connectivity index (χ1n) is 14.5. The third-order valence-electron chi connectivity index (χ3n) is 9.19. The first-order valence-corrected chi connectivity index (χ1v) is 14.5. The Bertz CT molecular complexity index is 2390. The fourth-order valence-corrected chi connectivity index (χ4v) is 7.19. The molecule has 0 atom stereocenters. The highest BCUT2D eigenvalue weighted by Crippen LogP contribution is 2.52. The van der Waals surface area contributed by atoms with Gasteiger partial charge < -0.3 is 0 Å². The van der Waals surface area contributed by atoms with Crippen LogP contribution in [-0.4, -0.2) is 14.5 Å².